The molecular formula is C11H8ClFN2. The van der Waals surface area contributed by atoms with Gasteiger partial charge in [0.1, 0.15) is 11.6 Å². The van der Waals surface area contributed by atoms with E-state index in [1.165, 1.54) is 18.3 Å². The van der Waals surface area contributed by atoms with Crippen molar-refractivity contribution in [3.63, 3.8) is 0 Å². The summed E-state index contributed by atoms with van der Waals surface area (Å²) in [5, 5.41) is 0.503. The number of nitrogens with two attached hydrogens (primary N) is 1. The van der Waals surface area contributed by atoms with Crippen molar-refractivity contribution in [2.24, 2.45) is 0 Å². The van der Waals surface area contributed by atoms with E-state index in [2.05, 4.69) is 4.98 Å². The van der Waals surface area contributed by atoms with Gasteiger partial charge in [-0.15, -0.1) is 0 Å². The summed E-state index contributed by atoms with van der Waals surface area (Å²) in [5.74, 6) is 0.0957. The Hall–Kier alpha value is -1.61. The van der Waals surface area contributed by atoms with E-state index in [1.807, 2.05) is 0 Å². The van der Waals surface area contributed by atoms with E-state index in [1.54, 1.807) is 18.2 Å². The van der Waals surface area contributed by atoms with Crippen LogP contribution in [-0.4, -0.2) is 4.98 Å². The van der Waals surface area contributed by atoms with Crippen LogP contribution in [0, 0.1) is 5.82 Å². The van der Waals surface area contributed by atoms with E-state index in [-0.39, 0.29) is 5.82 Å². The molecule has 1 heterocycles. The Morgan fingerprint density at radius 1 is 1.20 bits per heavy atom. The molecule has 76 valence electrons. The monoisotopic (exact) mass is 222 g/mol. The van der Waals surface area contributed by atoms with Crippen LogP contribution >= 0.6 is 11.6 Å². The number of benzene rings is 1. The van der Waals surface area contributed by atoms with Crippen molar-refractivity contribution in [3.05, 3.63) is 47.4 Å². The molecule has 2 nitrogen and oxygen atoms in total. The maximum absolute atomic E-state index is 12.7. The van der Waals surface area contributed by atoms with E-state index in [0.29, 0.717) is 16.4 Å². The number of nitrogens with zero attached hydrogens (tertiary/aromatic N) is 1. The second-order valence-corrected chi connectivity index (χ2v) is 3.53. The van der Waals surface area contributed by atoms with Crippen LogP contribution in [0.25, 0.3) is 11.1 Å². The summed E-state index contributed by atoms with van der Waals surface area (Å²) in [6.45, 7) is 0. The topological polar surface area (TPSA) is 38.9 Å². The number of pyridine rings is 1. The van der Waals surface area contributed by atoms with Crippen LogP contribution < -0.4 is 5.73 Å². The van der Waals surface area contributed by atoms with Crippen molar-refractivity contribution < 1.29 is 4.39 Å². The minimum absolute atomic E-state index is 0.285. The first-order chi connectivity index (χ1) is 7.16. The summed E-state index contributed by atoms with van der Waals surface area (Å²) >= 11 is 5.81. The predicted octanol–water partition coefficient (Wildman–Crippen LogP) is 3.12. The Bertz CT molecular complexity index is 482. The average Bonchev–Trinajstić information content (AvgIpc) is 2.23. The molecule has 1 aromatic carbocycles. The molecule has 0 spiro atoms. The van der Waals surface area contributed by atoms with Gasteiger partial charge in [-0.1, -0.05) is 23.7 Å². The molecule has 4 heteroatoms. The van der Waals surface area contributed by atoms with Crippen LogP contribution in [0.2, 0.25) is 5.02 Å². The van der Waals surface area contributed by atoms with Gasteiger partial charge >= 0.3 is 0 Å². The number of hydrogen-bond donors (Lipinski definition) is 1. The van der Waals surface area contributed by atoms with Crippen LogP contribution in [-0.2, 0) is 0 Å². The van der Waals surface area contributed by atoms with Gasteiger partial charge in [0, 0.05) is 11.8 Å². The maximum atomic E-state index is 12.7. The van der Waals surface area contributed by atoms with Gasteiger partial charge in [-0.05, 0) is 23.8 Å². The molecule has 2 rings (SSSR count). The van der Waals surface area contributed by atoms with Gasteiger partial charge in [-0.25, -0.2) is 9.37 Å². The number of halogens is 2. The molecule has 0 unspecified atom stereocenters. The van der Waals surface area contributed by atoms with E-state index in [9.17, 15) is 4.39 Å². The number of aromatic nitrogens is 1. The highest BCUT2D eigenvalue weighted by atomic mass is 35.5. The fraction of sp³-hybridized carbons (Fsp3) is 0. The highest BCUT2D eigenvalue weighted by Gasteiger charge is 2.04. The van der Waals surface area contributed by atoms with Crippen molar-refractivity contribution in [1.29, 1.82) is 0 Å². The minimum Gasteiger partial charge on any atom is -0.383 e. The summed E-state index contributed by atoms with van der Waals surface area (Å²) in [4.78, 5) is 3.93. The lowest BCUT2D eigenvalue weighted by atomic mass is 10.1. The first-order valence-corrected chi connectivity index (χ1v) is 4.71. The van der Waals surface area contributed by atoms with Gasteiger partial charge in [-0.2, -0.15) is 0 Å². The lowest BCUT2D eigenvalue weighted by Crippen LogP contribution is -1.93. The zero-order valence-corrected chi connectivity index (χ0v) is 8.50. The molecule has 0 fully saturated rings. The van der Waals surface area contributed by atoms with Gasteiger partial charge in [0.2, 0.25) is 0 Å². The Morgan fingerprint density at radius 2 is 1.87 bits per heavy atom. The van der Waals surface area contributed by atoms with Crippen molar-refractivity contribution in [3.8, 4) is 11.1 Å². The van der Waals surface area contributed by atoms with E-state index >= 15 is 0 Å². The molecular weight excluding hydrogens is 215 g/mol. The standard InChI is InChI=1S/C11H8ClFN2/c12-8-5-10(11(14)15-6-8)7-1-3-9(13)4-2-7/h1-6H,(H2,14,15). The van der Waals surface area contributed by atoms with Crippen LogP contribution in [0.4, 0.5) is 10.2 Å². The Morgan fingerprint density at radius 3 is 2.53 bits per heavy atom. The van der Waals surface area contributed by atoms with Crippen LogP contribution in [0.1, 0.15) is 0 Å². The minimum atomic E-state index is -0.285. The SMILES string of the molecule is Nc1ncc(Cl)cc1-c1ccc(F)cc1. The van der Waals surface area contributed by atoms with E-state index < -0.39 is 0 Å². The second kappa shape index (κ2) is 3.87. The Labute approximate surface area is 91.5 Å². The maximum Gasteiger partial charge on any atom is 0.131 e. The highest BCUT2D eigenvalue weighted by Crippen LogP contribution is 2.26. The number of hydrogen-bond acceptors (Lipinski definition) is 2. The molecule has 0 aliphatic rings. The predicted molar refractivity (Wildman–Crippen MR) is 59.1 cm³/mol. The fourth-order valence-electron chi connectivity index (χ4n) is 1.31. The highest BCUT2D eigenvalue weighted by molar-refractivity contribution is 6.30. The molecule has 0 aliphatic carbocycles. The molecule has 0 atom stereocenters. The first-order valence-electron chi connectivity index (χ1n) is 4.34. The molecule has 1 aromatic heterocycles. The number of nitrogen functional groups attached to an aromatic ring is 1. The third-order valence-electron chi connectivity index (χ3n) is 2.04. The molecule has 0 aliphatic heterocycles. The van der Waals surface area contributed by atoms with Gasteiger partial charge in [-0.3, -0.25) is 0 Å². The summed E-state index contributed by atoms with van der Waals surface area (Å²) in [5.41, 5.74) is 7.20. The van der Waals surface area contributed by atoms with E-state index in [4.69, 9.17) is 17.3 Å². The molecule has 0 bridgehead atoms. The largest absolute Gasteiger partial charge is 0.383 e. The van der Waals surface area contributed by atoms with Gasteiger partial charge in [0.25, 0.3) is 0 Å². The third-order valence-corrected chi connectivity index (χ3v) is 2.25. The van der Waals surface area contributed by atoms with Crippen molar-refractivity contribution in [2.45, 2.75) is 0 Å². The normalized spacial score (nSPS) is 10.3. The molecule has 0 saturated heterocycles. The molecule has 0 saturated carbocycles. The smallest absolute Gasteiger partial charge is 0.131 e. The third kappa shape index (κ3) is 2.07. The Balaban J connectivity index is 2.53. The van der Waals surface area contributed by atoms with E-state index in [0.717, 1.165) is 5.56 Å². The molecule has 2 aromatic rings. The summed E-state index contributed by atoms with van der Waals surface area (Å²) in [7, 11) is 0. The van der Waals surface area contributed by atoms with Crippen molar-refractivity contribution >= 4 is 17.4 Å². The number of rotatable bonds is 1. The molecule has 0 amide bonds. The number of anilines is 1. The second-order valence-electron chi connectivity index (χ2n) is 3.09. The van der Waals surface area contributed by atoms with Crippen LogP contribution in [0.5, 0.6) is 0 Å². The van der Waals surface area contributed by atoms with Crippen molar-refractivity contribution in [2.75, 3.05) is 5.73 Å². The zero-order valence-electron chi connectivity index (χ0n) is 7.74. The quantitative estimate of drug-likeness (QED) is 0.805. The van der Waals surface area contributed by atoms with Gasteiger partial charge < -0.3 is 5.73 Å². The summed E-state index contributed by atoms with van der Waals surface area (Å²) in [6, 6.07) is 7.72. The molecule has 0 radical (unpaired) electrons. The van der Waals surface area contributed by atoms with Crippen LogP contribution in [0.15, 0.2) is 36.5 Å². The Kier molecular flexibility index (Phi) is 2.56. The summed E-state index contributed by atoms with van der Waals surface area (Å²) in [6.07, 6.45) is 1.48. The lowest BCUT2D eigenvalue weighted by Gasteiger charge is -2.04. The van der Waals surface area contributed by atoms with Gasteiger partial charge in [0.05, 0.1) is 5.02 Å². The first kappa shape index (κ1) is 9.93. The van der Waals surface area contributed by atoms with Crippen LogP contribution in [0.3, 0.4) is 0 Å². The lowest BCUT2D eigenvalue weighted by molar-refractivity contribution is 0.628. The average molecular weight is 223 g/mol. The van der Waals surface area contributed by atoms with Crippen molar-refractivity contribution in [1.82, 2.24) is 4.98 Å². The molecule has 2 N–H and O–H groups in total. The fourth-order valence-corrected chi connectivity index (χ4v) is 1.47. The zero-order chi connectivity index (χ0) is 10.8. The summed E-state index contributed by atoms with van der Waals surface area (Å²) < 4.78 is 12.7. The van der Waals surface area contributed by atoms with Gasteiger partial charge in [0.15, 0.2) is 0 Å². The molecule has 15 heavy (non-hydrogen) atoms.